The molecule has 25 heavy (non-hydrogen) atoms. The van der Waals surface area contributed by atoms with E-state index in [1.165, 1.54) is 0 Å². The average molecular weight is 345 g/mol. The van der Waals surface area contributed by atoms with Gasteiger partial charge in [0.25, 0.3) is 0 Å². The summed E-state index contributed by atoms with van der Waals surface area (Å²) >= 11 is 0. The number of anilines is 2. The lowest BCUT2D eigenvalue weighted by Crippen LogP contribution is -2.23. The number of azide groups is 1. The highest BCUT2D eigenvalue weighted by Crippen LogP contribution is 2.36. The molecule has 4 rings (SSSR count). The zero-order valence-electron chi connectivity index (χ0n) is 13.7. The molecule has 2 fully saturated rings. The summed E-state index contributed by atoms with van der Waals surface area (Å²) < 4.78 is 7.58. The monoisotopic (exact) mass is 345 g/mol. The van der Waals surface area contributed by atoms with E-state index in [1.54, 1.807) is 10.9 Å². The molecule has 1 aliphatic heterocycles. The van der Waals surface area contributed by atoms with Crippen LogP contribution in [0, 0.1) is 0 Å². The van der Waals surface area contributed by atoms with Crippen LogP contribution in [-0.2, 0) is 4.74 Å². The summed E-state index contributed by atoms with van der Waals surface area (Å²) in [7, 11) is 1.98. The number of imidazole rings is 1. The van der Waals surface area contributed by atoms with Crippen LogP contribution in [0.4, 0.5) is 11.8 Å². The van der Waals surface area contributed by atoms with Crippen molar-refractivity contribution in [1.82, 2.24) is 19.5 Å². The Labute approximate surface area is 143 Å². The van der Waals surface area contributed by atoms with Gasteiger partial charge in [-0.25, -0.2) is 4.98 Å². The zero-order valence-corrected chi connectivity index (χ0v) is 13.7. The highest BCUT2D eigenvalue weighted by Gasteiger charge is 2.37. The molecule has 11 nitrogen and oxygen atoms in total. The van der Waals surface area contributed by atoms with E-state index in [9.17, 15) is 5.11 Å². The summed E-state index contributed by atoms with van der Waals surface area (Å²) in [5.74, 6) is 0.868. The van der Waals surface area contributed by atoms with Crippen molar-refractivity contribution in [3.8, 4) is 0 Å². The van der Waals surface area contributed by atoms with Crippen LogP contribution < -0.4 is 10.6 Å². The molecule has 3 atom stereocenters. The molecule has 2 aromatic heterocycles. The Morgan fingerprint density at radius 3 is 3.00 bits per heavy atom. The van der Waals surface area contributed by atoms with Crippen LogP contribution in [0.1, 0.15) is 25.5 Å². The van der Waals surface area contributed by atoms with Gasteiger partial charge in [-0.05, 0) is 18.4 Å². The molecule has 0 radical (unpaired) electrons. The fourth-order valence-electron chi connectivity index (χ4n) is 3.25. The Hall–Kier alpha value is -2.62. The maximum absolute atomic E-state index is 9.44. The van der Waals surface area contributed by atoms with Crippen LogP contribution in [0.15, 0.2) is 11.4 Å². The predicted molar refractivity (Wildman–Crippen MR) is 89.7 cm³/mol. The number of hydrogen-bond donors (Lipinski definition) is 2. The highest BCUT2D eigenvalue weighted by atomic mass is 16.5. The third kappa shape index (κ3) is 2.72. The normalized spacial score (nSPS) is 25.9. The van der Waals surface area contributed by atoms with Crippen molar-refractivity contribution in [3.63, 3.8) is 0 Å². The number of fused-ring (bicyclic) bond motifs is 1. The van der Waals surface area contributed by atoms with E-state index in [-0.39, 0.29) is 12.6 Å². The van der Waals surface area contributed by atoms with Crippen molar-refractivity contribution < 1.29 is 9.84 Å². The highest BCUT2D eigenvalue weighted by molar-refractivity contribution is 5.85. The van der Waals surface area contributed by atoms with Crippen LogP contribution in [-0.4, -0.2) is 56.5 Å². The molecule has 3 heterocycles. The number of aliphatic hydroxyl groups is 1. The maximum atomic E-state index is 9.44. The summed E-state index contributed by atoms with van der Waals surface area (Å²) in [5.41, 5.74) is 15.8. The smallest absolute Gasteiger partial charge is 0.224 e. The minimum Gasteiger partial charge on any atom is -0.394 e. The van der Waals surface area contributed by atoms with Gasteiger partial charge in [0.15, 0.2) is 17.0 Å². The van der Waals surface area contributed by atoms with E-state index >= 15 is 0 Å². The van der Waals surface area contributed by atoms with Gasteiger partial charge < -0.3 is 20.5 Å². The Bertz CT molecular complexity index is 842. The Kier molecular flexibility index (Phi) is 3.83. The molecule has 2 aliphatic rings. The molecule has 0 amide bonds. The van der Waals surface area contributed by atoms with Crippen LogP contribution in [0.25, 0.3) is 21.6 Å². The van der Waals surface area contributed by atoms with Gasteiger partial charge in [0.2, 0.25) is 5.95 Å². The van der Waals surface area contributed by atoms with Crippen molar-refractivity contribution in [3.05, 3.63) is 16.8 Å². The van der Waals surface area contributed by atoms with Crippen LogP contribution in [0.5, 0.6) is 0 Å². The number of hydrogen-bond acceptors (Lipinski definition) is 8. The first kappa shape index (κ1) is 15.9. The minimum atomic E-state index is -0.550. The molecular weight excluding hydrogens is 326 g/mol. The summed E-state index contributed by atoms with van der Waals surface area (Å²) in [4.78, 5) is 18.0. The first-order chi connectivity index (χ1) is 12.1. The molecule has 3 N–H and O–H groups in total. The number of nitrogens with two attached hydrogens (primary N) is 1. The Balaban J connectivity index is 1.72. The van der Waals surface area contributed by atoms with Crippen LogP contribution >= 0.6 is 0 Å². The van der Waals surface area contributed by atoms with E-state index in [0.717, 1.165) is 12.8 Å². The van der Waals surface area contributed by atoms with Crippen molar-refractivity contribution in [2.75, 3.05) is 24.3 Å². The first-order valence-electron chi connectivity index (χ1n) is 8.15. The Morgan fingerprint density at radius 2 is 2.32 bits per heavy atom. The van der Waals surface area contributed by atoms with Gasteiger partial charge >= 0.3 is 0 Å². The Morgan fingerprint density at radius 1 is 1.52 bits per heavy atom. The van der Waals surface area contributed by atoms with Gasteiger partial charge in [-0.15, -0.1) is 0 Å². The average Bonchev–Trinajstić information content (AvgIpc) is 3.25. The van der Waals surface area contributed by atoms with Crippen LogP contribution in [0.2, 0.25) is 0 Å². The minimum absolute atomic E-state index is 0.167. The van der Waals surface area contributed by atoms with Gasteiger partial charge in [-0.2, -0.15) is 9.97 Å². The lowest BCUT2D eigenvalue weighted by molar-refractivity contribution is -0.0232. The molecule has 132 valence electrons. The zero-order chi connectivity index (χ0) is 17.6. The van der Waals surface area contributed by atoms with Crippen molar-refractivity contribution in [2.24, 2.45) is 5.11 Å². The molecule has 0 bridgehead atoms. The van der Waals surface area contributed by atoms with Gasteiger partial charge in [-0.3, -0.25) is 4.57 Å². The second kappa shape index (κ2) is 6.03. The summed E-state index contributed by atoms with van der Waals surface area (Å²) in [6, 6.07) is 0.0174. The SMILES string of the molecule is CN(c1nc(N)nc2c1ncn2[C@H]1C[C@H](N=[N+]=[N-])[C@@H](CO)O1)C1CC1. The third-order valence-electron chi connectivity index (χ3n) is 4.74. The molecule has 0 spiro atoms. The number of ether oxygens (including phenoxy) is 1. The van der Waals surface area contributed by atoms with E-state index in [1.807, 2.05) is 7.05 Å². The van der Waals surface area contributed by atoms with Crippen molar-refractivity contribution in [2.45, 2.75) is 43.7 Å². The molecule has 0 unspecified atom stereocenters. The summed E-state index contributed by atoms with van der Waals surface area (Å²) in [6.45, 7) is -0.223. The van der Waals surface area contributed by atoms with E-state index in [2.05, 4.69) is 29.9 Å². The molecule has 1 saturated carbocycles. The lowest BCUT2D eigenvalue weighted by Gasteiger charge is -2.18. The molecule has 2 aromatic rings. The molecule has 0 aromatic carbocycles. The van der Waals surface area contributed by atoms with E-state index in [0.29, 0.717) is 29.4 Å². The number of nitrogens with zero attached hydrogens (tertiary/aromatic N) is 8. The fraction of sp³-hybridized carbons (Fsp3) is 0.643. The van der Waals surface area contributed by atoms with E-state index < -0.39 is 18.4 Å². The number of rotatable bonds is 5. The predicted octanol–water partition coefficient (Wildman–Crippen LogP) is 0.966. The quantitative estimate of drug-likeness (QED) is 0.465. The largest absolute Gasteiger partial charge is 0.394 e. The maximum Gasteiger partial charge on any atom is 0.224 e. The van der Waals surface area contributed by atoms with Crippen molar-refractivity contribution in [1.29, 1.82) is 0 Å². The van der Waals surface area contributed by atoms with E-state index in [4.69, 9.17) is 16.0 Å². The lowest BCUT2D eigenvalue weighted by atomic mass is 10.1. The number of aromatic nitrogens is 4. The fourth-order valence-corrected chi connectivity index (χ4v) is 3.25. The number of aliphatic hydroxyl groups excluding tert-OH is 1. The second-order valence-corrected chi connectivity index (χ2v) is 6.39. The number of nitrogen functional groups attached to an aromatic ring is 1. The summed E-state index contributed by atoms with van der Waals surface area (Å²) in [5, 5.41) is 13.1. The molecule has 1 saturated heterocycles. The van der Waals surface area contributed by atoms with Gasteiger partial charge in [0.1, 0.15) is 6.23 Å². The van der Waals surface area contributed by atoms with Crippen LogP contribution in [0.3, 0.4) is 0 Å². The van der Waals surface area contributed by atoms with Gasteiger partial charge in [0.05, 0.1) is 25.1 Å². The first-order valence-corrected chi connectivity index (χ1v) is 8.15. The molecule has 1 aliphatic carbocycles. The second-order valence-electron chi connectivity index (χ2n) is 6.39. The van der Waals surface area contributed by atoms with Crippen molar-refractivity contribution >= 4 is 22.9 Å². The van der Waals surface area contributed by atoms with Gasteiger partial charge in [-0.1, -0.05) is 5.11 Å². The standard InChI is InChI=1S/C14H19N9O2/c1-22(7-2-3-7)12-11-13(19-14(15)18-12)23(6-17-11)10-4-8(20-21-16)9(5-24)25-10/h6-10,24H,2-5H2,1H3,(H2,15,18,19)/t8-,9+,10+/m0/s1. The third-order valence-corrected chi connectivity index (χ3v) is 4.74. The molecular formula is C14H19N9O2. The topological polar surface area (TPSA) is 151 Å². The summed E-state index contributed by atoms with van der Waals surface area (Å²) in [6.07, 6.45) is 3.32. The molecule has 11 heteroatoms. The van der Waals surface area contributed by atoms with Gasteiger partial charge in [0, 0.05) is 24.4 Å².